The second kappa shape index (κ2) is 12.2. The molecule has 0 amide bonds. The summed E-state index contributed by atoms with van der Waals surface area (Å²) in [5.74, 6) is 0. The molecule has 0 unspecified atom stereocenters. The summed E-state index contributed by atoms with van der Waals surface area (Å²) in [4.78, 5) is 1.47. The fraction of sp³-hybridized carbons (Fsp3) is 1.00. The van der Waals surface area contributed by atoms with E-state index >= 15 is 0 Å². The van der Waals surface area contributed by atoms with Crippen molar-refractivity contribution in [3.8, 4) is 0 Å². The Hall–Kier alpha value is 0.720. The average Bonchev–Trinajstić information content (AvgIpc) is 2.22. The van der Waals surface area contributed by atoms with Gasteiger partial charge in [0.25, 0.3) is 0 Å². The third-order valence-electron chi connectivity index (χ3n) is 2.29. The largest absolute Gasteiger partial charge is 1.00 e. The summed E-state index contributed by atoms with van der Waals surface area (Å²) < 4.78 is 0. The Labute approximate surface area is 117 Å². The molecule has 0 aromatic heterocycles. The van der Waals surface area contributed by atoms with Gasteiger partial charge >= 0.3 is 29.6 Å². The number of β-amino-alcohol motifs (C(OH)–C–C–N with tert-alkyl or cyclic N) is 2. The zero-order chi connectivity index (χ0) is 11.0. The zero-order valence-corrected chi connectivity index (χ0v) is 11.6. The van der Waals surface area contributed by atoms with Crippen LogP contribution >= 0.6 is 0 Å². The third-order valence-corrected chi connectivity index (χ3v) is 2.29. The molecule has 6 N–H and O–H groups in total. The molecule has 8 heteroatoms. The van der Waals surface area contributed by atoms with Crippen molar-refractivity contribution in [1.29, 1.82) is 0 Å². The summed E-state index contributed by atoms with van der Waals surface area (Å²) in [5, 5.41) is 44.7. The van der Waals surface area contributed by atoms with Crippen LogP contribution in [0.1, 0.15) is 0 Å². The predicted octanol–water partition coefficient (Wildman–Crippen LogP) is -6.18. The standard InChI is InChI=1S/C8H19NO5.Na.H2O/c10-3-1-9(2-4-11)8(5-12,6-13)7-14;;/h10-14H,1-7H2;;1H2/q;+1;/p-1. The Kier molecular flexibility index (Phi) is 16.7. The van der Waals surface area contributed by atoms with Crippen LogP contribution in [0.3, 0.4) is 0 Å². The Bertz CT molecular complexity index is 132. The van der Waals surface area contributed by atoms with Crippen molar-refractivity contribution in [3.63, 3.8) is 0 Å². The van der Waals surface area contributed by atoms with Crippen molar-refractivity contribution < 1.29 is 60.6 Å². The first kappa shape index (κ1) is 21.9. The number of rotatable bonds is 8. The maximum absolute atomic E-state index is 9.08. The van der Waals surface area contributed by atoms with Crippen LogP contribution in [0.25, 0.3) is 0 Å². The SMILES string of the molecule is OCCN(CCO)C(CO)(CO)CO.[Na+].[OH-]. The van der Waals surface area contributed by atoms with Gasteiger partial charge in [0, 0.05) is 13.1 Å². The summed E-state index contributed by atoms with van der Waals surface area (Å²) in [6.45, 7) is -1.26. The quantitative estimate of drug-likeness (QED) is 0.270. The van der Waals surface area contributed by atoms with Crippen LogP contribution in [-0.2, 0) is 0 Å². The van der Waals surface area contributed by atoms with Crippen molar-refractivity contribution in [2.45, 2.75) is 5.54 Å². The van der Waals surface area contributed by atoms with E-state index in [1.165, 1.54) is 4.90 Å². The molecule has 0 spiro atoms. The Morgan fingerprint density at radius 3 is 1.25 bits per heavy atom. The minimum Gasteiger partial charge on any atom is -0.870 e. The summed E-state index contributed by atoms with van der Waals surface area (Å²) in [7, 11) is 0. The van der Waals surface area contributed by atoms with Crippen LogP contribution in [0.4, 0.5) is 0 Å². The number of aliphatic hydroxyl groups is 5. The number of aliphatic hydroxyl groups excluding tert-OH is 5. The van der Waals surface area contributed by atoms with Crippen molar-refractivity contribution in [3.05, 3.63) is 0 Å². The molecule has 7 nitrogen and oxygen atoms in total. The molecule has 16 heavy (non-hydrogen) atoms. The Morgan fingerprint density at radius 1 is 0.750 bits per heavy atom. The Balaban J connectivity index is -0.000000845. The van der Waals surface area contributed by atoms with Gasteiger partial charge in [0.2, 0.25) is 0 Å². The van der Waals surface area contributed by atoms with Gasteiger partial charge in [-0.3, -0.25) is 4.90 Å². The molecule has 0 bridgehead atoms. The van der Waals surface area contributed by atoms with Crippen LogP contribution in [0, 0.1) is 0 Å². The summed E-state index contributed by atoms with van der Waals surface area (Å²) in [5.41, 5.74) is -1.18. The van der Waals surface area contributed by atoms with Crippen molar-refractivity contribution >= 4 is 0 Å². The van der Waals surface area contributed by atoms with Crippen molar-refractivity contribution in [2.75, 3.05) is 46.1 Å². The van der Waals surface area contributed by atoms with Gasteiger partial charge in [-0.1, -0.05) is 0 Å². The summed E-state index contributed by atoms with van der Waals surface area (Å²) in [6.07, 6.45) is 0. The molecule has 0 heterocycles. The predicted molar refractivity (Wildman–Crippen MR) is 51.7 cm³/mol. The van der Waals surface area contributed by atoms with Crippen molar-refractivity contribution in [2.24, 2.45) is 0 Å². The molecule has 94 valence electrons. The molecule has 0 aromatic rings. The molecule has 0 aliphatic carbocycles. The van der Waals surface area contributed by atoms with E-state index in [9.17, 15) is 0 Å². The number of hydrogen-bond donors (Lipinski definition) is 5. The zero-order valence-electron chi connectivity index (χ0n) is 9.58. The molecule has 0 saturated carbocycles. The van der Waals surface area contributed by atoms with Gasteiger partial charge in [-0.05, 0) is 0 Å². The maximum atomic E-state index is 9.08. The molecule has 0 atom stereocenters. The van der Waals surface area contributed by atoms with E-state index in [-0.39, 0.29) is 61.3 Å². The second-order valence-electron chi connectivity index (χ2n) is 3.13. The van der Waals surface area contributed by atoms with E-state index < -0.39 is 25.4 Å². The molecule has 0 saturated heterocycles. The first-order valence-electron chi connectivity index (χ1n) is 4.50. The van der Waals surface area contributed by atoms with Gasteiger partial charge in [-0.15, -0.1) is 0 Å². The van der Waals surface area contributed by atoms with Gasteiger partial charge in [0.05, 0.1) is 38.6 Å². The van der Waals surface area contributed by atoms with E-state index in [1.807, 2.05) is 0 Å². The minimum atomic E-state index is -1.18. The first-order valence-corrected chi connectivity index (χ1v) is 4.50. The molecule has 0 fully saturated rings. The normalized spacial score (nSPS) is 10.9. The fourth-order valence-corrected chi connectivity index (χ4v) is 1.28. The van der Waals surface area contributed by atoms with E-state index in [2.05, 4.69) is 0 Å². The fourth-order valence-electron chi connectivity index (χ4n) is 1.28. The van der Waals surface area contributed by atoms with Gasteiger partial charge in [0.15, 0.2) is 0 Å². The molecule has 0 radical (unpaired) electrons. The van der Waals surface area contributed by atoms with Crippen LogP contribution in [0.2, 0.25) is 0 Å². The number of nitrogens with zero attached hydrogens (tertiary/aromatic N) is 1. The molecule has 0 rings (SSSR count). The van der Waals surface area contributed by atoms with Crippen LogP contribution < -0.4 is 29.6 Å². The van der Waals surface area contributed by atoms with Crippen LogP contribution in [0.5, 0.6) is 0 Å². The Morgan fingerprint density at radius 2 is 1.06 bits per heavy atom. The smallest absolute Gasteiger partial charge is 0.870 e. The topological polar surface area (TPSA) is 134 Å². The third kappa shape index (κ3) is 5.87. The summed E-state index contributed by atoms with van der Waals surface area (Å²) in [6, 6.07) is 0. The van der Waals surface area contributed by atoms with E-state index in [0.717, 1.165) is 0 Å². The molecule has 0 aliphatic heterocycles. The molecular weight excluding hydrogens is 229 g/mol. The summed E-state index contributed by atoms with van der Waals surface area (Å²) >= 11 is 0. The van der Waals surface area contributed by atoms with Crippen molar-refractivity contribution in [1.82, 2.24) is 4.90 Å². The van der Waals surface area contributed by atoms with E-state index in [4.69, 9.17) is 25.5 Å². The van der Waals surface area contributed by atoms with Crippen LogP contribution in [0.15, 0.2) is 0 Å². The van der Waals surface area contributed by atoms with Gasteiger partial charge in [-0.25, -0.2) is 0 Å². The number of hydrogen-bond acceptors (Lipinski definition) is 7. The minimum absolute atomic E-state index is 0. The average molecular weight is 249 g/mol. The monoisotopic (exact) mass is 249 g/mol. The van der Waals surface area contributed by atoms with E-state index in [0.29, 0.717) is 0 Å². The molecule has 0 aromatic carbocycles. The molecule has 0 aliphatic rings. The van der Waals surface area contributed by atoms with Gasteiger partial charge in [0.1, 0.15) is 0 Å². The van der Waals surface area contributed by atoms with Crippen LogP contribution in [-0.4, -0.2) is 87.6 Å². The first-order chi connectivity index (χ1) is 6.70. The van der Waals surface area contributed by atoms with Gasteiger partial charge in [-0.2, -0.15) is 0 Å². The van der Waals surface area contributed by atoms with E-state index in [1.54, 1.807) is 0 Å². The van der Waals surface area contributed by atoms with Gasteiger partial charge < -0.3 is 31.0 Å². The maximum Gasteiger partial charge on any atom is 1.00 e. The second-order valence-corrected chi connectivity index (χ2v) is 3.13. The molecular formula is C8H20NNaO6.